The van der Waals surface area contributed by atoms with E-state index in [-0.39, 0.29) is 29.5 Å². The van der Waals surface area contributed by atoms with E-state index >= 15 is 0 Å². The average molecular weight is 497 g/mol. The lowest BCUT2D eigenvalue weighted by Crippen LogP contribution is -2.43. The van der Waals surface area contributed by atoms with Gasteiger partial charge in [0.05, 0.1) is 28.7 Å². The Bertz CT molecular complexity index is 1220. The van der Waals surface area contributed by atoms with Crippen molar-refractivity contribution in [2.24, 2.45) is 5.73 Å². The molecule has 1 aromatic heterocycles. The van der Waals surface area contributed by atoms with E-state index in [1.165, 1.54) is 4.90 Å². The van der Waals surface area contributed by atoms with Crippen molar-refractivity contribution in [3.05, 3.63) is 97.5 Å². The number of hydrogen-bond acceptors (Lipinski definition) is 9. The Morgan fingerprint density at radius 3 is 2.51 bits per heavy atom. The van der Waals surface area contributed by atoms with E-state index in [1.807, 2.05) is 13.0 Å². The molecule has 0 radical (unpaired) electrons. The number of esters is 1. The lowest BCUT2D eigenvalue weighted by Gasteiger charge is -2.38. The van der Waals surface area contributed by atoms with Crippen LogP contribution >= 0.6 is 11.6 Å². The molecule has 2 aromatic rings. The van der Waals surface area contributed by atoms with Gasteiger partial charge in [0.25, 0.3) is 5.70 Å². The number of rotatable bonds is 8. The number of nitrogens with zero attached hydrogens (tertiary/aromatic N) is 5. The normalized spacial score (nSPS) is 15.6. The van der Waals surface area contributed by atoms with Crippen molar-refractivity contribution in [3.63, 3.8) is 0 Å². The van der Waals surface area contributed by atoms with Gasteiger partial charge in [-0.05, 0) is 43.2 Å². The highest BCUT2D eigenvalue weighted by Crippen LogP contribution is 2.42. The molecule has 182 valence electrons. The molecular weight excluding hydrogens is 472 g/mol. The Labute approximate surface area is 208 Å². The van der Waals surface area contributed by atoms with Gasteiger partial charge in [-0.2, -0.15) is 5.26 Å². The van der Waals surface area contributed by atoms with Gasteiger partial charge in [0.2, 0.25) is 0 Å². The van der Waals surface area contributed by atoms with Crippen LogP contribution in [0, 0.1) is 21.4 Å². The van der Waals surface area contributed by atoms with Gasteiger partial charge < -0.3 is 20.3 Å². The fourth-order valence-electron chi connectivity index (χ4n) is 4.00. The third-order valence-corrected chi connectivity index (χ3v) is 5.88. The predicted octanol–water partition coefficient (Wildman–Crippen LogP) is 3.34. The minimum Gasteiger partial charge on any atom is -0.463 e. The molecule has 0 bridgehead atoms. The van der Waals surface area contributed by atoms with Crippen LogP contribution in [0.25, 0.3) is 0 Å². The Kier molecular flexibility index (Phi) is 7.94. The first-order valence-corrected chi connectivity index (χ1v) is 11.3. The maximum atomic E-state index is 13.0. The Morgan fingerprint density at radius 1 is 1.31 bits per heavy atom. The van der Waals surface area contributed by atoms with Gasteiger partial charge in [-0.15, -0.1) is 0 Å². The lowest BCUT2D eigenvalue weighted by atomic mass is 9.85. The summed E-state index contributed by atoms with van der Waals surface area (Å²) < 4.78 is 5.22. The van der Waals surface area contributed by atoms with E-state index in [2.05, 4.69) is 4.98 Å². The summed E-state index contributed by atoms with van der Waals surface area (Å²) in [6.45, 7) is 4.28. The second-order valence-corrected chi connectivity index (χ2v) is 8.10. The summed E-state index contributed by atoms with van der Waals surface area (Å²) in [5, 5.41) is 22.1. The van der Waals surface area contributed by atoms with Gasteiger partial charge in [-0.25, -0.2) is 9.78 Å². The zero-order valence-electron chi connectivity index (χ0n) is 19.6. The monoisotopic (exact) mass is 496 g/mol. The number of hydrogen-bond donors (Lipinski definition) is 1. The van der Waals surface area contributed by atoms with Crippen LogP contribution in [0.5, 0.6) is 0 Å². The summed E-state index contributed by atoms with van der Waals surface area (Å²) in [6, 6.07) is 11.7. The quantitative estimate of drug-likeness (QED) is 0.252. The maximum absolute atomic E-state index is 13.0. The summed E-state index contributed by atoms with van der Waals surface area (Å²) >= 11 is 5.90. The maximum Gasteiger partial charge on any atom is 0.338 e. The zero-order valence-corrected chi connectivity index (χ0v) is 20.3. The minimum absolute atomic E-state index is 0.0290. The first kappa shape index (κ1) is 25.5. The molecule has 1 unspecified atom stereocenters. The zero-order chi connectivity index (χ0) is 25.7. The molecule has 3 rings (SSSR count). The summed E-state index contributed by atoms with van der Waals surface area (Å²) in [4.78, 5) is 32.4. The number of nitro groups is 1. The second kappa shape index (κ2) is 10.9. The average Bonchev–Trinajstić information content (AvgIpc) is 2.85. The van der Waals surface area contributed by atoms with E-state index in [1.54, 1.807) is 61.5 Å². The van der Waals surface area contributed by atoms with Gasteiger partial charge in [-0.3, -0.25) is 10.1 Å². The molecule has 0 spiro atoms. The number of pyridine rings is 1. The minimum atomic E-state index is -1.11. The van der Waals surface area contributed by atoms with Gasteiger partial charge >= 0.3 is 5.97 Å². The smallest absolute Gasteiger partial charge is 0.338 e. The van der Waals surface area contributed by atoms with E-state index in [0.717, 1.165) is 5.56 Å². The summed E-state index contributed by atoms with van der Waals surface area (Å²) in [6.07, 6.45) is 1.60. The number of nitriles is 1. The van der Waals surface area contributed by atoms with Crippen LogP contribution in [0.3, 0.4) is 0 Å². The molecule has 0 fully saturated rings. The van der Waals surface area contributed by atoms with Crippen molar-refractivity contribution in [2.75, 3.05) is 20.2 Å². The molecule has 2 N–H and O–H groups in total. The van der Waals surface area contributed by atoms with Crippen molar-refractivity contribution in [1.29, 1.82) is 5.26 Å². The molecule has 1 aromatic carbocycles. The van der Waals surface area contributed by atoms with E-state index < -0.39 is 16.8 Å². The molecule has 11 heteroatoms. The van der Waals surface area contributed by atoms with E-state index in [4.69, 9.17) is 22.1 Å². The molecule has 1 aliphatic rings. The molecule has 35 heavy (non-hydrogen) atoms. The number of allylic oxidation sites excluding steroid dienone is 1. The second-order valence-electron chi connectivity index (χ2n) is 7.71. The molecule has 1 atom stereocenters. The summed E-state index contributed by atoms with van der Waals surface area (Å²) in [7, 11) is 1.57. The lowest BCUT2D eigenvalue weighted by molar-refractivity contribution is -0.433. The topological polar surface area (TPSA) is 139 Å². The molecule has 1 aliphatic heterocycles. The molecule has 0 saturated heterocycles. The standard InChI is InChI=1S/C24H25ClN6O4/c1-4-30(14-16-8-11-18(25)28-13-16)23-21(31(33)34)19(17-9-6-15(12-26)7-10-17)20(22(27)29(23)3)24(32)35-5-2/h6-11,13,19H,4-5,14,27H2,1-3H3. The first-order chi connectivity index (χ1) is 16.7. The molecule has 2 heterocycles. The van der Waals surface area contributed by atoms with Crippen LogP contribution in [0.1, 0.15) is 36.5 Å². The van der Waals surface area contributed by atoms with Crippen molar-refractivity contribution < 1.29 is 14.5 Å². The molecule has 10 nitrogen and oxygen atoms in total. The van der Waals surface area contributed by atoms with Gasteiger partial charge in [0.15, 0.2) is 5.82 Å². The van der Waals surface area contributed by atoms with Crippen LogP contribution in [0.4, 0.5) is 0 Å². The number of ether oxygens (including phenoxy) is 1. The fourth-order valence-corrected chi connectivity index (χ4v) is 4.12. The first-order valence-electron chi connectivity index (χ1n) is 10.9. The van der Waals surface area contributed by atoms with Gasteiger partial charge in [-0.1, -0.05) is 29.8 Å². The van der Waals surface area contributed by atoms with Gasteiger partial charge in [0.1, 0.15) is 16.9 Å². The predicted molar refractivity (Wildman–Crippen MR) is 129 cm³/mol. The van der Waals surface area contributed by atoms with Crippen molar-refractivity contribution >= 4 is 17.6 Å². The SMILES string of the molecule is CCOC(=O)C1=C(N)N(C)C(N(CC)Cc2ccc(Cl)nc2)=C([N+](=O)[O-])C1c1ccc(C#N)cc1. The number of carbonyl (C=O) groups is 1. The highest BCUT2D eigenvalue weighted by Gasteiger charge is 2.46. The Balaban J connectivity index is 2.23. The van der Waals surface area contributed by atoms with E-state index in [0.29, 0.717) is 29.4 Å². The highest BCUT2D eigenvalue weighted by atomic mass is 35.5. The molecule has 0 aliphatic carbocycles. The summed E-state index contributed by atoms with van der Waals surface area (Å²) in [5.41, 5.74) is 7.79. The largest absolute Gasteiger partial charge is 0.463 e. The van der Waals surface area contributed by atoms with Crippen molar-refractivity contribution in [2.45, 2.75) is 26.3 Å². The van der Waals surface area contributed by atoms with Crippen molar-refractivity contribution in [3.8, 4) is 6.07 Å². The van der Waals surface area contributed by atoms with Crippen LogP contribution in [0.2, 0.25) is 5.15 Å². The van der Waals surface area contributed by atoms with Crippen LogP contribution in [-0.4, -0.2) is 45.9 Å². The van der Waals surface area contributed by atoms with Gasteiger partial charge in [0, 0.05) is 26.3 Å². The third kappa shape index (κ3) is 5.20. The number of benzene rings is 1. The highest BCUT2D eigenvalue weighted by molar-refractivity contribution is 6.29. The number of aromatic nitrogens is 1. The van der Waals surface area contributed by atoms with Crippen molar-refractivity contribution in [1.82, 2.24) is 14.8 Å². The molecule has 0 amide bonds. The Hall–Kier alpha value is -4.10. The molecular formula is C24H25ClN6O4. The van der Waals surface area contributed by atoms with Crippen LogP contribution in [-0.2, 0) is 16.1 Å². The number of carbonyl (C=O) groups excluding carboxylic acids is 1. The third-order valence-electron chi connectivity index (χ3n) is 5.65. The number of nitrogens with two attached hydrogens (primary N) is 1. The van der Waals surface area contributed by atoms with E-state index in [9.17, 15) is 20.2 Å². The summed E-state index contributed by atoms with van der Waals surface area (Å²) in [5.74, 6) is -1.56. The fraction of sp³-hybridized carbons (Fsp3) is 0.292. The Morgan fingerprint density at radius 2 is 2.00 bits per heavy atom. The van der Waals surface area contributed by atoms with Crippen LogP contribution < -0.4 is 5.73 Å². The number of halogens is 1. The van der Waals surface area contributed by atoms with Crippen LogP contribution in [0.15, 0.2) is 65.5 Å². The molecule has 0 saturated carbocycles.